The highest BCUT2D eigenvalue weighted by molar-refractivity contribution is 4.83. The second kappa shape index (κ2) is 9.48. The van der Waals surface area contributed by atoms with Gasteiger partial charge >= 0.3 is 0 Å². The van der Waals surface area contributed by atoms with Gasteiger partial charge in [0.25, 0.3) is 0 Å². The predicted octanol–water partition coefficient (Wildman–Crippen LogP) is 4.09. The van der Waals surface area contributed by atoms with Crippen molar-refractivity contribution in [2.75, 3.05) is 0 Å². The number of rotatable bonds is 6. The number of unbranched alkanes of at least 4 members (excludes halogenated alkanes) is 3. The first-order valence-corrected chi connectivity index (χ1v) is 4.68. The molecule has 0 aliphatic rings. The van der Waals surface area contributed by atoms with Gasteiger partial charge in [-0.1, -0.05) is 37.6 Å². The molecule has 0 aromatic heterocycles. The van der Waals surface area contributed by atoms with Crippen LogP contribution in [0.1, 0.15) is 46.0 Å². The summed E-state index contributed by atoms with van der Waals surface area (Å²) in [4.78, 5) is 0. The summed E-state index contributed by atoms with van der Waals surface area (Å²) in [6.07, 6.45) is 15.2. The van der Waals surface area contributed by atoms with Crippen molar-refractivity contribution in [3.8, 4) is 0 Å². The molecular formula is C11H20. The van der Waals surface area contributed by atoms with E-state index in [1.54, 1.807) is 0 Å². The number of hydrogen-bond donors (Lipinski definition) is 0. The number of hydrogen-bond acceptors (Lipinski definition) is 0. The van der Waals surface area contributed by atoms with Crippen LogP contribution in [0.25, 0.3) is 0 Å². The largest absolute Gasteiger partial charge is 0.0917 e. The van der Waals surface area contributed by atoms with Crippen molar-refractivity contribution in [1.29, 1.82) is 0 Å². The van der Waals surface area contributed by atoms with Gasteiger partial charge in [-0.25, -0.2) is 0 Å². The average Bonchev–Trinajstić information content (AvgIpc) is 2.03. The molecule has 0 aromatic rings. The first-order valence-electron chi connectivity index (χ1n) is 4.68. The van der Waals surface area contributed by atoms with Crippen molar-refractivity contribution in [2.24, 2.45) is 0 Å². The molecule has 0 amide bonds. The van der Waals surface area contributed by atoms with Gasteiger partial charge in [0, 0.05) is 0 Å². The standard InChI is InChI=1S/C11H20/c1-3-5-7-9-11-10-8-6-4-2/h3,5,8,10H,4,6-7,9,11H2,1-2H3. The second-order valence-corrected chi connectivity index (χ2v) is 2.76. The first kappa shape index (κ1) is 10.5. The maximum atomic E-state index is 2.30. The quantitative estimate of drug-likeness (QED) is 0.397. The van der Waals surface area contributed by atoms with E-state index in [4.69, 9.17) is 0 Å². The predicted molar refractivity (Wildman–Crippen MR) is 52.7 cm³/mol. The summed E-state index contributed by atoms with van der Waals surface area (Å²) in [6, 6.07) is 0. The van der Waals surface area contributed by atoms with E-state index in [0.29, 0.717) is 0 Å². The van der Waals surface area contributed by atoms with Crippen LogP contribution in [0.2, 0.25) is 0 Å². The Morgan fingerprint density at radius 2 is 1.55 bits per heavy atom. The van der Waals surface area contributed by atoms with Gasteiger partial charge in [-0.15, -0.1) is 0 Å². The third-order valence-electron chi connectivity index (χ3n) is 1.60. The Morgan fingerprint density at radius 1 is 0.909 bits per heavy atom. The lowest BCUT2D eigenvalue weighted by molar-refractivity contribution is 0.858. The van der Waals surface area contributed by atoms with Crippen LogP contribution in [0.5, 0.6) is 0 Å². The lowest BCUT2D eigenvalue weighted by Gasteiger charge is -1.89. The van der Waals surface area contributed by atoms with Crippen molar-refractivity contribution < 1.29 is 0 Å². The van der Waals surface area contributed by atoms with Gasteiger partial charge in [0.05, 0.1) is 0 Å². The van der Waals surface area contributed by atoms with Crippen LogP contribution < -0.4 is 0 Å². The van der Waals surface area contributed by atoms with E-state index in [2.05, 4.69) is 38.2 Å². The molecule has 0 aliphatic heterocycles. The smallest absolute Gasteiger partial charge is 0.0348 e. The zero-order valence-corrected chi connectivity index (χ0v) is 7.84. The van der Waals surface area contributed by atoms with E-state index >= 15 is 0 Å². The van der Waals surface area contributed by atoms with Gasteiger partial charge in [0.2, 0.25) is 0 Å². The fourth-order valence-electron chi connectivity index (χ4n) is 0.923. The summed E-state index contributed by atoms with van der Waals surface area (Å²) < 4.78 is 0. The molecule has 0 heterocycles. The van der Waals surface area contributed by atoms with Crippen LogP contribution in [-0.4, -0.2) is 0 Å². The van der Waals surface area contributed by atoms with Gasteiger partial charge in [0.15, 0.2) is 0 Å². The molecule has 0 bridgehead atoms. The SMILES string of the molecule is CC=CCCCC=CCCC. The highest BCUT2D eigenvalue weighted by atomic mass is 13.9. The molecule has 0 heteroatoms. The summed E-state index contributed by atoms with van der Waals surface area (Å²) >= 11 is 0. The minimum absolute atomic E-state index is 1.23. The molecule has 0 nitrogen and oxygen atoms in total. The van der Waals surface area contributed by atoms with E-state index < -0.39 is 0 Å². The summed E-state index contributed by atoms with van der Waals surface area (Å²) in [7, 11) is 0. The molecule has 0 spiro atoms. The van der Waals surface area contributed by atoms with E-state index in [1.165, 1.54) is 32.1 Å². The topological polar surface area (TPSA) is 0 Å². The van der Waals surface area contributed by atoms with Crippen molar-refractivity contribution >= 4 is 0 Å². The Kier molecular flexibility index (Phi) is 9.03. The molecule has 0 rings (SSSR count). The monoisotopic (exact) mass is 152 g/mol. The Bertz CT molecular complexity index is 109. The fraction of sp³-hybridized carbons (Fsp3) is 0.636. The van der Waals surface area contributed by atoms with Crippen LogP contribution in [-0.2, 0) is 0 Å². The van der Waals surface area contributed by atoms with E-state index in [-0.39, 0.29) is 0 Å². The fourth-order valence-corrected chi connectivity index (χ4v) is 0.923. The summed E-state index contributed by atoms with van der Waals surface area (Å²) in [5.41, 5.74) is 0. The third kappa shape index (κ3) is 9.48. The molecule has 0 atom stereocenters. The minimum Gasteiger partial charge on any atom is -0.0917 e. The molecule has 0 fully saturated rings. The van der Waals surface area contributed by atoms with Crippen LogP contribution in [0.4, 0.5) is 0 Å². The van der Waals surface area contributed by atoms with Crippen LogP contribution in [0, 0.1) is 0 Å². The maximum absolute atomic E-state index is 2.30. The Morgan fingerprint density at radius 3 is 2.18 bits per heavy atom. The zero-order chi connectivity index (χ0) is 8.36. The van der Waals surface area contributed by atoms with E-state index in [9.17, 15) is 0 Å². The Balaban J connectivity index is 3.00. The van der Waals surface area contributed by atoms with Crippen molar-refractivity contribution in [3.05, 3.63) is 24.3 Å². The van der Waals surface area contributed by atoms with Crippen LogP contribution in [0.3, 0.4) is 0 Å². The molecule has 0 unspecified atom stereocenters. The number of allylic oxidation sites excluding steroid dienone is 4. The molecule has 0 aliphatic carbocycles. The minimum atomic E-state index is 1.23. The first-order chi connectivity index (χ1) is 5.41. The molecule has 0 N–H and O–H groups in total. The van der Waals surface area contributed by atoms with E-state index in [0.717, 1.165) is 0 Å². The normalized spacial score (nSPS) is 11.8. The van der Waals surface area contributed by atoms with Crippen molar-refractivity contribution in [2.45, 2.75) is 46.0 Å². The Labute approximate surface area is 71.0 Å². The summed E-state index contributed by atoms with van der Waals surface area (Å²) in [6.45, 7) is 4.29. The van der Waals surface area contributed by atoms with Gasteiger partial charge in [0.1, 0.15) is 0 Å². The summed E-state index contributed by atoms with van der Waals surface area (Å²) in [5.74, 6) is 0. The highest BCUT2D eigenvalue weighted by Gasteiger charge is 1.78. The molecule has 0 saturated heterocycles. The molecular weight excluding hydrogens is 132 g/mol. The molecule has 11 heavy (non-hydrogen) atoms. The van der Waals surface area contributed by atoms with Crippen LogP contribution in [0.15, 0.2) is 24.3 Å². The molecule has 0 aromatic carbocycles. The highest BCUT2D eigenvalue weighted by Crippen LogP contribution is 1.99. The zero-order valence-electron chi connectivity index (χ0n) is 7.84. The van der Waals surface area contributed by atoms with Gasteiger partial charge in [-0.05, 0) is 32.6 Å². The molecule has 64 valence electrons. The average molecular weight is 152 g/mol. The third-order valence-corrected chi connectivity index (χ3v) is 1.60. The van der Waals surface area contributed by atoms with Crippen molar-refractivity contribution in [3.63, 3.8) is 0 Å². The molecule has 0 saturated carbocycles. The lowest BCUT2D eigenvalue weighted by Crippen LogP contribution is -1.68. The van der Waals surface area contributed by atoms with Gasteiger partial charge in [-0.3, -0.25) is 0 Å². The Hall–Kier alpha value is -0.520. The van der Waals surface area contributed by atoms with Crippen LogP contribution >= 0.6 is 0 Å². The second-order valence-electron chi connectivity index (χ2n) is 2.76. The van der Waals surface area contributed by atoms with Gasteiger partial charge in [-0.2, -0.15) is 0 Å². The van der Waals surface area contributed by atoms with Gasteiger partial charge < -0.3 is 0 Å². The lowest BCUT2D eigenvalue weighted by atomic mass is 10.2. The van der Waals surface area contributed by atoms with Crippen molar-refractivity contribution in [1.82, 2.24) is 0 Å². The summed E-state index contributed by atoms with van der Waals surface area (Å²) in [5, 5.41) is 0. The maximum Gasteiger partial charge on any atom is -0.0348 e. The molecule has 0 radical (unpaired) electrons. The van der Waals surface area contributed by atoms with E-state index in [1.807, 2.05) is 0 Å².